The molecule has 0 aliphatic rings. The van der Waals surface area contributed by atoms with Crippen LogP contribution in [0.25, 0.3) is 0 Å². The first kappa shape index (κ1) is 16.1. The van der Waals surface area contributed by atoms with Crippen molar-refractivity contribution < 1.29 is 9.53 Å². The van der Waals surface area contributed by atoms with Gasteiger partial charge in [0.1, 0.15) is 0 Å². The number of hydrogen-bond acceptors (Lipinski definition) is 2. The summed E-state index contributed by atoms with van der Waals surface area (Å²) >= 11 is 0. The van der Waals surface area contributed by atoms with Gasteiger partial charge in [0, 0.05) is 13.7 Å². The molecule has 0 spiro atoms. The number of unbranched alkanes of at least 4 members (excludes halogenated alkanes) is 5. The molecule has 0 fully saturated rings. The van der Waals surface area contributed by atoms with Crippen molar-refractivity contribution in [3.63, 3.8) is 0 Å². The molecule has 2 nitrogen and oxygen atoms in total. The fourth-order valence-electron chi connectivity index (χ4n) is 2.06. The zero-order valence-corrected chi connectivity index (χ0v) is 12.4. The lowest BCUT2D eigenvalue weighted by Gasteiger charge is -2.25. The highest BCUT2D eigenvalue weighted by Gasteiger charge is 2.25. The van der Waals surface area contributed by atoms with Gasteiger partial charge < -0.3 is 9.53 Å². The molecule has 0 rings (SSSR count). The molecule has 0 aliphatic heterocycles. The van der Waals surface area contributed by atoms with Gasteiger partial charge in [-0.15, -0.1) is 0 Å². The van der Waals surface area contributed by atoms with Crippen molar-refractivity contribution in [1.29, 1.82) is 0 Å². The van der Waals surface area contributed by atoms with E-state index < -0.39 is 8.32 Å². The molecule has 0 radical (unpaired) electrons. The lowest BCUT2D eigenvalue weighted by Crippen LogP contribution is -2.32. The summed E-state index contributed by atoms with van der Waals surface area (Å²) < 4.78 is 5.70. The van der Waals surface area contributed by atoms with Gasteiger partial charge in [0.25, 0.3) is 0 Å². The number of rotatable bonds is 11. The van der Waals surface area contributed by atoms with E-state index in [4.69, 9.17) is 9.53 Å². The first-order valence-electron chi connectivity index (χ1n) is 6.84. The Labute approximate surface area is 103 Å². The Morgan fingerprint density at radius 2 is 1.50 bits per heavy atom. The monoisotopic (exact) mass is 246 g/mol. The van der Waals surface area contributed by atoms with Crippen molar-refractivity contribution in [2.75, 3.05) is 13.7 Å². The Hall–Kier alpha value is 0.137. The molecule has 0 aliphatic carbocycles. The van der Waals surface area contributed by atoms with Crippen LogP contribution in [-0.4, -0.2) is 27.1 Å². The Bertz CT molecular complexity index is 153. The summed E-state index contributed by atoms with van der Waals surface area (Å²) in [4.78, 5) is 0. The normalized spacial score (nSPS) is 15.0. The predicted molar refractivity (Wildman–Crippen MR) is 73.3 cm³/mol. The van der Waals surface area contributed by atoms with Gasteiger partial charge in [-0.25, -0.2) is 0 Å². The van der Waals surface area contributed by atoms with Crippen LogP contribution in [0.3, 0.4) is 0 Å². The summed E-state index contributed by atoms with van der Waals surface area (Å²) in [6.45, 7) is 4.86. The topological polar surface area (TPSA) is 29.5 Å². The second-order valence-electron chi connectivity index (χ2n) is 5.00. The van der Waals surface area contributed by atoms with Gasteiger partial charge in [0.15, 0.2) is 8.32 Å². The third kappa shape index (κ3) is 8.31. The quantitative estimate of drug-likeness (QED) is 0.442. The standard InChI is InChI=1S/C13H30O2Si/c1-4-5-6-7-8-9-12-16(3,15-2)13-10-11-14/h14H,4-13H2,1-3H3. The van der Waals surface area contributed by atoms with Crippen molar-refractivity contribution in [2.45, 2.75) is 70.5 Å². The summed E-state index contributed by atoms with van der Waals surface area (Å²) in [6, 6.07) is 2.37. The van der Waals surface area contributed by atoms with E-state index >= 15 is 0 Å². The van der Waals surface area contributed by atoms with Crippen LogP contribution in [-0.2, 0) is 4.43 Å². The second-order valence-corrected chi connectivity index (χ2v) is 9.31. The zero-order chi connectivity index (χ0) is 12.3. The average molecular weight is 246 g/mol. The van der Waals surface area contributed by atoms with Gasteiger partial charge in [-0.3, -0.25) is 0 Å². The minimum atomic E-state index is -1.47. The van der Waals surface area contributed by atoms with E-state index in [1.165, 1.54) is 44.6 Å². The third-order valence-corrected chi connectivity index (χ3v) is 7.22. The van der Waals surface area contributed by atoms with E-state index in [0.717, 1.165) is 12.5 Å². The van der Waals surface area contributed by atoms with Crippen LogP contribution in [0.4, 0.5) is 0 Å². The van der Waals surface area contributed by atoms with Gasteiger partial charge in [-0.2, -0.15) is 0 Å². The smallest absolute Gasteiger partial charge is 0.189 e. The molecule has 1 atom stereocenters. The number of aliphatic hydroxyl groups excluding tert-OH is 1. The molecule has 3 heteroatoms. The molecule has 0 saturated carbocycles. The van der Waals surface area contributed by atoms with Crippen LogP contribution in [0.2, 0.25) is 18.6 Å². The zero-order valence-electron chi connectivity index (χ0n) is 11.4. The molecule has 0 aromatic rings. The summed E-state index contributed by atoms with van der Waals surface area (Å²) in [6.07, 6.45) is 9.04. The average Bonchev–Trinajstić information content (AvgIpc) is 2.31. The lowest BCUT2D eigenvalue weighted by molar-refractivity contribution is 0.289. The van der Waals surface area contributed by atoms with Crippen molar-refractivity contribution in [2.24, 2.45) is 0 Å². The fraction of sp³-hybridized carbons (Fsp3) is 1.00. The Balaban J connectivity index is 3.53. The second kappa shape index (κ2) is 10.3. The highest BCUT2D eigenvalue weighted by Crippen LogP contribution is 2.22. The molecule has 0 saturated heterocycles. The van der Waals surface area contributed by atoms with Crippen LogP contribution in [0.5, 0.6) is 0 Å². The number of hydrogen-bond donors (Lipinski definition) is 1. The molecular weight excluding hydrogens is 216 g/mol. The van der Waals surface area contributed by atoms with Gasteiger partial charge >= 0.3 is 0 Å². The van der Waals surface area contributed by atoms with E-state index in [0.29, 0.717) is 6.61 Å². The van der Waals surface area contributed by atoms with Crippen molar-refractivity contribution >= 4 is 8.32 Å². The summed E-state index contributed by atoms with van der Waals surface area (Å²) in [5, 5.41) is 8.86. The largest absolute Gasteiger partial charge is 0.420 e. The first-order chi connectivity index (χ1) is 7.68. The minimum Gasteiger partial charge on any atom is -0.420 e. The molecule has 0 heterocycles. The molecule has 16 heavy (non-hydrogen) atoms. The molecule has 0 aromatic heterocycles. The maximum atomic E-state index is 8.86. The maximum Gasteiger partial charge on any atom is 0.189 e. The van der Waals surface area contributed by atoms with Crippen molar-refractivity contribution in [1.82, 2.24) is 0 Å². The maximum absolute atomic E-state index is 8.86. The van der Waals surface area contributed by atoms with E-state index in [1.54, 1.807) is 0 Å². The van der Waals surface area contributed by atoms with Gasteiger partial charge in [-0.1, -0.05) is 45.4 Å². The molecule has 1 unspecified atom stereocenters. The summed E-state index contributed by atoms with van der Waals surface area (Å²) in [7, 11) is 0.375. The SMILES string of the molecule is CCCCCCCC[Si](C)(CCCO)OC. The van der Waals surface area contributed by atoms with E-state index in [-0.39, 0.29) is 0 Å². The number of aliphatic hydroxyl groups is 1. The molecular formula is C13H30O2Si. The van der Waals surface area contributed by atoms with Crippen molar-refractivity contribution in [3.8, 4) is 0 Å². The Kier molecular flexibility index (Phi) is 10.4. The molecule has 0 bridgehead atoms. The van der Waals surface area contributed by atoms with Crippen LogP contribution in [0.1, 0.15) is 51.9 Å². The minimum absolute atomic E-state index is 0.308. The Morgan fingerprint density at radius 3 is 2.06 bits per heavy atom. The van der Waals surface area contributed by atoms with E-state index in [2.05, 4.69) is 13.5 Å². The summed E-state index contributed by atoms with van der Waals surface area (Å²) in [5.41, 5.74) is 0. The van der Waals surface area contributed by atoms with Crippen molar-refractivity contribution in [3.05, 3.63) is 0 Å². The molecule has 0 aromatic carbocycles. The third-order valence-electron chi connectivity index (χ3n) is 3.42. The van der Waals surface area contributed by atoms with E-state index in [9.17, 15) is 0 Å². The fourth-order valence-corrected chi connectivity index (χ4v) is 4.62. The van der Waals surface area contributed by atoms with Crippen LogP contribution < -0.4 is 0 Å². The molecule has 1 N–H and O–H groups in total. The lowest BCUT2D eigenvalue weighted by atomic mass is 10.1. The summed E-state index contributed by atoms with van der Waals surface area (Å²) in [5.74, 6) is 0. The highest BCUT2D eigenvalue weighted by molar-refractivity contribution is 6.72. The van der Waals surface area contributed by atoms with E-state index in [1.807, 2.05) is 7.11 Å². The highest BCUT2D eigenvalue weighted by atomic mass is 28.4. The van der Waals surface area contributed by atoms with Gasteiger partial charge in [0.05, 0.1) is 0 Å². The van der Waals surface area contributed by atoms with Gasteiger partial charge in [0.2, 0.25) is 0 Å². The predicted octanol–water partition coefficient (Wildman–Crippen LogP) is 3.95. The van der Waals surface area contributed by atoms with Crippen LogP contribution >= 0.6 is 0 Å². The molecule has 98 valence electrons. The van der Waals surface area contributed by atoms with Gasteiger partial charge in [-0.05, 0) is 25.1 Å². The van der Waals surface area contributed by atoms with Crippen LogP contribution in [0, 0.1) is 0 Å². The first-order valence-corrected chi connectivity index (χ1v) is 9.67. The Morgan fingerprint density at radius 1 is 0.938 bits per heavy atom. The molecule has 0 amide bonds. The van der Waals surface area contributed by atoms with Crippen LogP contribution in [0.15, 0.2) is 0 Å².